The molecule has 4 aromatic rings. The van der Waals surface area contributed by atoms with Crippen LogP contribution in [0.4, 0.5) is 64.5 Å². The third kappa shape index (κ3) is 17.0. The van der Waals surface area contributed by atoms with E-state index in [0.29, 0.717) is 29.5 Å². The fraction of sp³-hybridized carbons (Fsp3) is 0.312. The van der Waals surface area contributed by atoms with Gasteiger partial charge in [-0.15, -0.1) is 0 Å². The lowest BCUT2D eigenvalue weighted by Crippen LogP contribution is -2.27. The highest BCUT2D eigenvalue weighted by Crippen LogP contribution is 2.35. The predicted octanol–water partition coefficient (Wildman–Crippen LogP) is 10.7. The van der Waals surface area contributed by atoms with Gasteiger partial charge in [0.2, 0.25) is 10.6 Å². The van der Waals surface area contributed by atoms with Gasteiger partial charge < -0.3 is 20.5 Å². The summed E-state index contributed by atoms with van der Waals surface area (Å²) in [5, 5.41) is 6.30. The maximum Gasteiger partial charge on any atom is 0.421 e. The third-order valence-electron chi connectivity index (χ3n) is 5.39. The first-order valence-corrected chi connectivity index (χ1v) is 15.9. The van der Waals surface area contributed by atoms with E-state index < -0.39 is 57.8 Å². The van der Waals surface area contributed by atoms with Gasteiger partial charge in [0.25, 0.3) is 0 Å². The molecule has 0 radical (unpaired) electrons. The standard InChI is InChI=1S/C16H16ClF3N4O2.C11H16N2O2.C5HCl2F3N2/c1-15(2,3)26-14(25)23-10-6-4-5-9(7-10)22-12-11(16(18,19)20)8-21-13(17)24-12;1-11(2,3)15-10(14)13-9-6-4-5-8(12)7-9;6-3-2(5(8,9)10)1-11-4(7)12-3/h4-8H,1-3H3,(H,23,25)(H,21,22,24);4-7H,12H2,1-3H3,(H,13,14);1H. The molecule has 0 aliphatic carbocycles. The molecule has 53 heavy (non-hydrogen) atoms. The molecule has 5 N–H and O–H groups in total. The van der Waals surface area contributed by atoms with Crippen molar-refractivity contribution in [1.82, 2.24) is 19.9 Å². The molecule has 4 rings (SSSR count). The summed E-state index contributed by atoms with van der Waals surface area (Å²) in [6.45, 7) is 10.6. The quantitative estimate of drug-likeness (QED) is 0.0674. The first kappa shape index (κ1) is 44.4. The fourth-order valence-electron chi connectivity index (χ4n) is 3.47. The van der Waals surface area contributed by atoms with Crippen molar-refractivity contribution in [3.05, 3.63) is 87.8 Å². The van der Waals surface area contributed by atoms with Crippen LogP contribution in [0.5, 0.6) is 0 Å². The van der Waals surface area contributed by atoms with E-state index in [1.807, 2.05) is 20.8 Å². The van der Waals surface area contributed by atoms with Crippen molar-refractivity contribution in [2.75, 3.05) is 21.7 Å². The zero-order valence-corrected chi connectivity index (χ0v) is 30.9. The van der Waals surface area contributed by atoms with Crippen LogP contribution in [-0.2, 0) is 21.8 Å². The van der Waals surface area contributed by atoms with Crippen LogP contribution >= 0.6 is 34.8 Å². The topological polar surface area (TPSA) is 166 Å². The molecule has 2 amide bonds. The van der Waals surface area contributed by atoms with Crippen molar-refractivity contribution in [2.24, 2.45) is 0 Å². The molecule has 0 saturated heterocycles. The molecule has 2 aromatic carbocycles. The van der Waals surface area contributed by atoms with E-state index in [0.717, 1.165) is 0 Å². The van der Waals surface area contributed by atoms with Crippen molar-refractivity contribution >= 4 is 75.6 Å². The summed E-state index contributed by atoms with van der Waals surface area (Å²) in [6.07, 6.45) is -9.22. The Kier molecular flexibility index (Phi) is 15.3. The smallest absolute Gasteiger partial charge is 0.421 e. The third-order valence-corrected chi connectivity index (χ3v) is 6.04. The molecule has 0 fully saturated rings. The number of alkyl halides is 6. The maximum atomic E-state index is 13.1. The average Bonchev–Trinajstić information content (AvgIpc) is 2.94. The van der Waals surface area contributed by atoms with E-state index in [2.05, 4.69) is 35.9 Å². The molecular weight excluding hydrogens is 781 g/mol. The number of anilines is 5. The van der Waals surface area contributed by atoms with E-state index in [9.17, 15) is 35.9 Å². The second kappa shape index (κ2) is 18.3. The van der Waals surface area contributed by atoms with Crippen LogP contribution in [-0.4, -0.2) is 43.3 Å². The number of hydrogen-bond donors (Lipinski definition) is 4. The number of hydrogen-bond acceptors (Lipinski definition) is 10. The lowest BCUT2D eigenvalue weighted by Gasteiger charge is -2.20. The zero-order chi connectivity index (χ0) is 40.4. The van der Waals surface area contributed by atoms with Crippen molar-refractivity contribution in [3.8, 4) is 0 Å². The Morgan fingerprint density at radius 1 is 0.660 bits per heavy atom. The van der Waals surface area contributed by atoms with E-state index in [4.69, 9.17) is 50.0 Å². The van der Waals surface area contributed by atoms with Crippen LogP contribution in [0.15, 0.2) is 60.9 Å². The minimum Gasteiger partial charge on any atom is -0.444 e. The van der Waals surface area contributed by atoms with Crippen LogP contribution in [0, 0.1) is 0 Å². The van der Waals surface area contributed by atoms with Gasteiger partial charge in [0.05, 0.1) is 0 Å². The van der Waals surface area contributed by atoms with E-state index in [-0.39, 0.29) is 16.3 Å². The summed E-state index contributed by atoms with van der Waals surface area (Å²) in [4.78, 5) is 36.4. The number of ether oxygens (including phenoxy) is 2. The molecule has 0 aliphatic heterocycles. The van der Waals surface area contributed by atoms with E-state index in [1.165, 1.54) is 12.1 Å². The van der Waals surface area contributed by atoms with Gasteiger partial charge in [-0.25, -0.2) is 24.5 Å². The largest absolute Gasteiger partial charge is 0.444 e. The molecule has 2 aromatic heterocycles. The number of amides is 2. The van der Waals surface area contributed by atoms with Crippen LogP contribution in [0.25, 0.3) is 0 Å². The minimum absolute atomic E-state index is 0.263. The Bertz CT molecular complexity index is 1870. The van der Waals surface area contributed by atoms with Crippen LogP contribution in [0.2, 0.25) is 15.7 Å². The number of rotatable bonds is 4. The number of carbonyl (C=O) groups is 2. The molecule has 0 bridgehead atoms. The number of halogens is 9. The van der Waals surface area contributed by atoms with Crippen molar-refractivity contribution < 1.29 is 45.4 Å². The molecule has 0 spiro atoms. The molecule has 21 heteroatoms. The molecule has 0 unspecified atom stereocenters. The molecule has 288 valence electrons. The van der Waals surface area contributed by atoms with Crippen molar-refractivity contribution in [3.63, 3.8) is 0 Å². The van der Waals surface area contributed by atoms with Crippen LogP contribution in [0.1, 0.15) is 52.7 Å². The molecule has 2 heterocycles. The fourth-order valence-corrected chi connectivity index (χ4v) is 4.01. The van der Waals surface area contributed by atoms with Gasteiger partial charge in [-0.2, -0.15) is 31.3 Å². The maximum absolute atomic E-state index is 13.1. The van der Waals surface area contributed by atoms with Gasteiger partial charge in [0.15, 0.2) is 0 Å². The van der Waals surface area contributed by atoms with Crippen molar-refractivity contribution in [1.29, 1.82) is 0 Å². The first-order valence-electron chi connectivity index (χ1n) is 14.8. The molecule has 0 aliphatic rings. The highest BCUT2D eigenvalue weighted by molar-refractivity contribution is 6.32. The van der Waals surface area contributed by atoms with Gasteiger partial charge in [0, 0.05) is 35.1 Å². The Morgan fingerprint density at radius 2 is 1.09 bits per heavy atom. The Hall–Kier alpha value is -4.81. The normalized spacial score (nSPS) is 11.5. The summed E-state index contributed by atoms with van der Waals surface area (Å²) in [7, 11) is 0. The molecule has 12 nitrogen and oxygen atoms in total. The highest BCUT2D eigenvalue weighted by Gasteiger charge is 2.36. The summed E-state index contributed by atoms with van der Waals surface area (Å²) >= 11 is 15.9. The second-order valence-corrected chi connectivity index (χ2v) is 13.4. The molecule has 0 saturated carbocycles. The summed E-state index contributed by atoms with van der Waals surface area (Å²) < 4.78 is 85.3. The number of nitrogens with two attached hydrogens (primary N) is 1. The van der Waals surface area contributed by atoms with Gasteiger partial charge in [0.1, 0.15) is 33.3 Å². The van der Waals surface area contributed by atoms with E-state index in [1.54, 1.807) is 57.2 Å². The van der Waals surface area contributed by atoms with Gasteiger partial charge in [-0.1, -0.05) is 23.7 Å². The Morgan fingerprint density at radius 3 is 1.55 bits per heavy atom. The number of aromatic nitrogens is 4. The number of nitrogen functional groups attached to an aromatic ring is 1. The lowest BCUT2D eigenvalue weighted by atomic mass is 10.2. The Balaban J connectivity index is 0.000000304. The van der Waals surface area contributed by atoms with Crippen LogP contribution in [0.3, 0.4) is 0 Å². The predicted molar refractivity (Wildman–Crippen MR) is 189 cm³/mol. The number of carbonyl (C=O) groups excluding carboxylic acids is 2. The number of nitrogens with one attached hydrogen (secondary N) is 3. The van der Waals surface area contributed by atoms with E-state index >= 15 is 0 Å². The Labute approximate surface area is 314 Å². The lowest BCUT2D eigenvalue weighted by molar-refractivity contribution is -0.138. The minimum atomic E-state index is -4.65. The summed E-state index contributed by atoms with van der Waals surface area (Å²) in [5.41, 5.74) is 4.06. The molecular formula is C32H33Cl3F6N8O4. The SMILES string of the molecule is CC(C)(C)OC(=O)Nc1cccc(N)c1.CC(C)(C)OC(=O)Nc1cccc(Nc2nc(Cl)ncc2C(F)(F)F)c1.FC(F)(F)c1cnc(Cl)nc1Cl. The zero-order valence-electron chi connectivity index (χ0n) is 28.7. The highest BCUT2D eigenvalue weighted by atomic mass is 35.5. The van der Waals surface area contributed by atoms with Gasteiger partial charge in [-0.3, -0.25) is 10.6 Å². The number of nitrogens with zero attached hydrogens (tertiary/aromatic N) is 4. The summed E-state index contributed by atoms with van der Waals surface area (Å²) in [5.74, 6) is -0.494. The molecule has 0 atom stereocenters. The van der Waals surface area contributed by atoms with Crippen LogP contribution < -0.4 is 21.7 Å². The van der Waals surface area contributed by atoms with Gasteiger partial charge >= 0.3 is 24.5 Å². The monoisotopic (exact) mass is 812 g/mol. The van der Waals surface area contributed by atoms with Crippen molar-refractivity contribution in [2.45, 2.75) is 65.1 Å². The average molecular weight is 814 g/mol. The first-order chi connectivity index (χ1) is 24.2. The number of benzene rings is 2. The van der Waals surface area contributed by atoms with Gasteiger partial charge in [-0.05, 0) is 101 Å². The second-order valence-electron chi connectivity index (χ2n) is 12.3. The summed E-state index contributed by atoms with van der Waals surface area (Å²) in [6, 6.07) is 13.0.